The smallest absolute Gasteiger partial charge is 0.251 e. The predicted molar refractivity (Wildman–Crippen MR) is 76.3 cm³/mol. The average Bonchev–Trinajstić information content (AvgIpc) is 2.45. The summed E-state index contributed by atoms with van der Waals surface area (Å²) < 4.78 is 0. The molecule has 1 rings (SSSR count). The molecule has 6 heteroatoms. The fourth-order valence-corrected chi connectivity index (χ4v) is 1.52. The Morgan fingerprint density at radius 3 is 2.50 bits per heavy atom. The maximum absolute atomic E-state index is 11.7. The number of aliphatic hydroxyl groups excluding tert-OH is 1. The van der Waals surface area contributed by atoms with E-state index >= 15 is 0 Å². The van der Waals surface area contributed by atoms with Gasteiger partial charge in [-0.3, -0.25) is 9.59 Å². The zero-order valence-electron chi connectivity index (χ0n) is 11.6. The molecule has 110 valence electrons. The van der Waals surface area contributed by atoms with Gasteiger partial charge in [0.25, 0.3) is 5.91 Å². The van der Waals surface area contributed by atoms with E-state index in [1.54, 1.807) is 31.2 Å². The van der Waals surface area contributed by atoms with Gasteiger partial charge in [0, 0.05) is 25.2 Å². The minimum atomic E-state index is -0.407. The Balaban J connectivity index is 2.12. The lowest BCUT2D eigenvalue weighted by molar-refractivity contribution is -0.120. The van der Waals surface area contributed by atoms with Crippen LogP contribution in [-0.4, -0.2) is 49.2 Å². The Bertz CT molecular complexity index is 421. The molecule has 0 aliphatic carbocycles. The number of carbonyl (C=O) groups is 2. The molecule has 20 heavy (non-hydrogen) atoms. The van der Waals surface area contributed by atoms with Gasteiger partial charge in [-0.05, 0) is 19.1 Å². The van der Waals surface area contributed by atoms with Crippen LogP contribution in [-0.2, 0) is 4.79 Å². The molecule has 0 aromatic heterocycles. The van der Waals surface area contributed by atoms with Gasteiger partial charge in [0.05, 0.1) is 12.6 Å². The molecular formula is C14H21N3O3. The molecule has 0 heterocycles. The molecule has 0 fully saturated rings. The van der Waals surface area contributed by atoms with E-state index in [9.17, 15) is 9.59 Å². The number of aliphatic hydroxyl groups is 1. The van der Waals surface area contributed by atoms with Gasteiger partial charge in [-0.1, -0.05) is 18.2 Å². The number of benzene rings is 1. The predicted octanol–water partition coefficient (Wildman–Crippen LogP) is -0.497. The SMILES string of the molecule is CC(O)CNCCNC(=O)CNC(=O)c1ccccc1. The second-order valence-electron chi connectivity index (χ2n) is 4.45. The molecule has 0 bridgehead atoms. The standard InChI is InChI=1S/C14H21N3O3/c1-11(18)9-15-7-8-16-13(19)10-17-14(20)12-5-3-2-4-6-12/h2-6,11,15,18H,7-10H2,1H3,(H,16,19)(H,17,20). The van der Waals surface area contributed by atoms with Gasteiger partial charge in [-0.2, -0.15) is 0 Å². The van der Waals surface area contributed by atoms with Gasteiger partial charge >= 0.3 is 0 Å². The summed E-state index contributed by atoms with van der Waals surface area (Å²) in [6.07, 6.45) is -0.407. The Morgan fingerprint density at radius 2 is 1.85 bits per heavy atom. The van der Waals surface area contributed by atoms with Gasteiger partial charge < -0.3 is 21.1 Å². The summed E-state index contributed by atoms with van der Waals surface area (Å²) in [4.78, 5) is 23.1. The molecule has 1 aromatic rings. The van der Waals surface area contributed by atoms with Crippen LogP contribution in [0.5, 0.6) is 0 Å². The molecule has 0 saturated heterocycles. The summed E-state index contributed by atoms with van der Waals surface area (Å²) in [7, 11) is 0. The Hall–Kier alpha value is -1.92. The largest absolute Gasteiger partial charge is 0.392 e. The number of hydrogen-bond acceptors (Lipinski definition) is 4. The Kier molecular flexibility index (Phi) is 7.31. The molecule has 0 aliphatic heterocycles. The minimum Gasteiger partial charge on any atom is -0.392 e. The van der Waals surface area contributed by atoms with E-state index in [-0.39, 0.29) is 18.4 Å². The highest BCUT2D eigenvalue weighted by atomic mass is 16.3. The lowest BCUT2D eigenvalue weighted by atomic mass is 10.2. The van der Waals surface area contributed by atoms with E-state index in [0.29, 0.717) is 25.2 Å². The van der Waals surface area contributed by atoms with Gasteiger partial charge in [0.2, 0.25) is 5.91 Å². The van der Waals surface area contributed by atoms with Crippen molar-refractivity contribution in [3.8, 4) is 0 Å². The van der Waals surface area contributed by atoms with E-state index in [4.69, 9.17) is 5.11 Å². The maximum Gasteiger partial charge on any atom is 0.251 e. The van der Waals surface area contributed by atoms with Crippen LogP contribution in [0.2, 0.25) is 0 Å². The van der Waals surface area contributed by atoms with Crippen LogP contribution in [0.25, 0.3) is 0 Å². The highest BCUT2D eigenvalue weighted by Crippen LogP contribution is 1.96. The molecule has 6 nitrogen and oxygen atoms in total. The summed E-state index contributed by atoms with van der Waals surface area (Å²) in [5.41, 5.74) is 0.527. The van der Waals surface area contributed by atoms with Gasteiger partial charge in [0.15, 0.2) is 0 Å². The van der Waals surface area contributed by atoms with Crippen LogP contribution in [0.15, 0.2) is 30.3 Å². The van der Waals surface area contributed by atoms with Crippen LogP contribution in [0.4, 0.5) is 0 Å². The van der Waals surface area contributed by atoms with Crippen LogP contribution in [0.3, 0.4) is 0 Å². The van der Waals surface area contributed by atoms with Crippen LogP contribution < -0.4 is 16.0 Å². The third-order valence-electron chi connectivity index (χ3n) is 2.51. The number of rotatable bonds is 8. The van der Waals surface area contributed by atoms with E-state index in [0.717, 1.165) is 0 Å². The first-order valence-electron chi connectivity index (χ1n) is 6.58. The van der Waals surface area contributed by atoms with Crippen molar-refractivity contribution in [2.75, 3.05) is 26.2 Å². The molecule has 1 aromatic carbocycles. The normalized spacial score (nSPS) is 11.7. The monoisotopic (exact) mass is 279 g/mol. The first kappa shape index (κ1) is 16.1. The topological polar surface area (TPSA) is 90.5 Å². The van der Waals surface area contributed by atoms with E-state index in [2.05, 4.69) is 16.0 Å². The average molecular weight is 279 g/mol. The molecule has 0 radical (unpaired) electrons. The molecule has 1 unspecified atom stereocenters. The number of hydrogen-bond donors (Lipinski definition) is 4. The molecule has 1 atom stereocenters. The van der Waals surface area contributed by atoms with Crippen molar-refractivity contribution in [3.05, 3.63) is 35.9 Å². The zero-order valence-corrected chi connectivity index (χ0v) is 11.6. The van der Waals surface area contributed by atoms with E-state index in [1.807, 2.05) is 6.07 Å². The number of carbonyl (C=O) groups excluding carboxylic acids is 2. The number of nitrogens with one attached hydrogen (secondary N) is 3. The van der Waals surface area contributed by atoms with E-state index in [1.165, 1.54) is 0 Å². The first-order valence-corrected chi connectivity index (χ1v) is 6.58. The maximum atomic E-state index is 11.7. The van der Waals surface area contributed by atoms with Crippen molar-refractivity contribution in [3.63, 3.8) is 0 Å². The second-order valence-corrected chi connectivity index (χ2v) is 4.45. The van der Waals surface area contributed by atoms with Crippen molar-refractivity contribution >= 4 is 11.8 Å². The summed E-state index contributed by atoms with van der Waals surface area (Å²) in [5, 5.41) is 17.2. The highest BCUT2D eigenvalue weighted by Gasteiger charge is 2.06. The summed E-state index contributed by atoms with van der Waals surface area (Å²) in [6.45, 7) is 3.14. The molecular weight excluding hydrogens is 258 g/mol. The summed E-state index contributed by atoms with van der Waals surface area (Å²) >= 11 is 0. The molecule has 0 spiro atoms. The molecule has 2 amide bonds. The third-order valence-corrected chi connectivity index (χ3v) is 2.51. The van der Waals surface area contributed by atoms with Gasteiger partial charge in [-0.15, -0.1) is 0 Å². The molecule has 4 N–H and O–H groups in total. The molecule has 0 saturated carbocycles. The van der Waals surface area contributed by atoms with Crippen LogP contribution in [0.1, 0.15) is 17.3 Å². The van der Waals surface area contributed by atoms with E-state index < -0.39 is 6.10 Å². The lowest BCUT2D eigenvalue weighted by Gasteiger charge is -2.09. The lowest BCUT2D eigenvalue weighted by Crippen LogP contribution is -2.40. The highest BCUT2D eigenvalue weighted by molar-refractivity contribution is 5.96. The van der Waals surface area contributed by atoms with Crippen molar-refractivity contribution in [1.29, 1.82) is 0 Å². The molecule has 0 aliphatic rings. The van der Waals surface area contributed by atoms with Gasteiger partial charge in [0.1, 0.15) is 0 Å². The zero-order chi connectivity index (χ0) is 14.8. The van der Waals surface area contributed by atoms with Crippen molar-refractivity contribution < 1.29 is 14.7 Å². The van der Waals surface area contributed by atoms with Crippen molar-refractivity contribution in [1.82, 2.24) is 16.0 Å². The summed E-state index contributed by atoms with van der Waals surface area (Å²) in [6, 6.07) is 8.73. The Morgan fingerprint density at radius 1 is 1.15 bits per heavy atom. The fourth-order valence-electron chi connectivity index (χ4n) is 1.52. The first-order chi connectivity index (χ1) is 9.59. The Labute approximate surface area is 118 Å². The minimum absolute atomic E-state index is 0.0515. The van der Waals surface area contributed by atoms with Crippen LogP contribution >= 0.6 is 0 Å². The third kappa shape index (κ3) is 6.86. The fraction of sp³-hybridized carbons (Fsp3) is 0.429. The van der Waals surface area contributed by atoms with Gasteiger partial charge in [-0.25, -0.2) is 0 Å². The van der Waals surface area contributed by atoms with Crippen molar-refractivity contribution in [2.24, 2.45) is 0 Å². The summed E-state index contributed by atoms with van der Waals surface area (Å²) in [5.74, 6) is -0.513. The second kappa shape index (κ2) is 9.06. The van der Waals surface area contributed by atoms with Crippen LogP contribution in [0, 0.1) is 0 Å². The quantitative estimate of drug-likeness (QED) is 0.483. The van der Waals surface area contributed by atoms with Crippen molar-refractivity contribution in [2.45, 2.75) is 13.0 Å². The number of amides is 2.